The van der Waals surface area contributed by atoms with Crippen molar-refractivity contribution in [2.24, 2.45) is 29.6 Å². The van der Waals surface area contributed by atoms with E-state index in [-0.39, 0.29) is 0 Å². The molecule has 2 fully saturated rings. The molecule has 5 atom stereocenters. The van der Waals surface area contributed by atoms with Crippen LogP contribution in [0.4, 0.5) is 0 Å². The lowest BCUT2D eigenvalue weighted by Gasteiger charge is -2.28. The highest BCUT2D eigenvalue weighted by Gasteiger charge is 2.39. The van der Waals surface area contributed by atoms with Gasteiger partial charge in [0, 0.05) is 5.92 Å². The van der Waals surface area contributed by atoms with Gasteiger partial charge in [-0.05, 0) is 115 Å². The van der Waals surface area contributed by atoms with Crippen LogP contribution in [0.1, 0.15) is 66.8 Å². The molecule has 180 valence electrons. The predicted octanol–water partition coefficient (Wildman–Crippen LogP) is 9.21. The number of benzene rings is 2. The molecule has 0 heteroatoms. The van der Waals surface area contributed by atoms with Crippen molar-refractivity contribution in [1.82, 2.24) is 0 Å². The van der Waals surface area contributed by atoms with Crippen LogP contribution in [-0.2, 0) is 12.8 Å². The van der Waals surface area contributed by atoms with Crippen LogP contribution in [0.15, 0.2) is 72.4 Å². The van der Waals surface area contributed by atoms with Gasteiger partial charge in [-0.1, -0.05) is 91.8 Å². The fraction of sp³-hybridized carbons (Fsp3) is 0.429. The van der Waals surface area contributed by atoms with Crippen molar-refractivity contribution in [3.05, 3.63) is 100 Å². The molecule has 0 heterocycles. The quantitative estimate of drug-likeness (QED) is 0.390. The number of hydrogen-bond acceptors (Lipinski definition) is 0. The first-order valence-corrected chi connectivity index (χ1v) is 13.8. The molecule has 0 spiro atoms. The van der Waals surface area contributed by atoms with Crippen molar-refractivity contribution in [3.63, 3.8) is 0 Å². The minimum Gasteiger partial charge on any atom is -0.0986 e. The molecule has 0 radical (unpaired) electrons. The van der Waals surface area contributed by atoms with Gasteiger partial charge in [-0.25, -0.2) is 0 Å². The fourth-order valence-electron chi connectivity index (χ4n) is 7.80. The zero-order valence-corrected chi connectivity index (χ0v) is 21.9. The van der Waals surface area contributed by atoms with Gasteiger partial charge in [0.1, 0.15) is 0 Å². The van der Waals surface area contributed by atoms with E-state index in [9.17, 15) is 0 Å². The minimum absolute atomic E-state index is 0.369. The van der Waals surface area contributed by atoms with Gasteiger partial charge in [-0.2, -0.15) is 0 Å². The molecule has 5 unspecified atom stereocenters. The molecule has 0 nitrogen and oxygen atoms in total. The summed E-state index contributed by atoms with van der Waals surface area (Å²) in [6.45, 7) is 15.7. The van der Waals surface area contributed by atoms with Crippen LogP contribution < -0.4 is 0 Å². The van der Waals surface area contributed by atoms with Gasteiger partial charge in [-0.15, -0.1) is 0 Å². The standard InChI is InChI=1S/C35H40/c1-21-13-24(4)33(20-30-16-26-11-12-28(30)15-26)35(14-21)31-8-6-7-29-17-27(19-34(29)31)18-32-23(3)10-9-22(2)25(32)5/h6-10,13-14,17,22,26,28,30,32H,3,5,11-12,15-16,18-20H2,1-2,4H3. The smallest absolute Gasteiger partial charge is 0.00826 e. The summed E-state index contributed by atoms with van der Waals surface area (Å²) < 4.78 is 0. The molecule has 6 rings (SSSR count). The first-order chi connectivity index (χ1) is 16.9. The highest BCUT2D eigenvalue weighted by Crippen LogP contribution is 2.50. The SMILES string of the molecule is C=C1C=CC(C)C(=C)C1CC1=Cc2cccc(-c3cc(C)cc(C)c3CC3CC4CCC3C4)c2C1. The van der Waals surface area contributed by atoms with E-state index in [0.717, 1.165) is 30.6 Å². The predicted molar refractivity (Wildman–Crippen MR) is 150 cm³/mol. The summed E-state index contributed by atoms with van der Waals surface area (Å²) in [5, 5.41) is 0. The Morgan fingerprint density at radius 1 is 0.971 bits per heavy atom. The van der Waals surface area contributed by atoms with Gasteiger partial charge < -0.3 is 0 Å². The van der Waals surface area contributed by atoms with Crippen molar-refractivity contribution >= 4 is 6.08 Å². The van der Waals surface area contributed by atoms with Crippen molar-refractivity contribution in [3.8, 4) is 11.1 Å². The Kier molecular flexibility index (Phi) is 5.75. The summed E-state index contributed by atoms with van der Waals surface area (Å²) in [5.74, 6) is 3.67. The van der Waals surface area contributed by atoms with E-state index in [0.29, 0.717) is 11.8 Å². The third kappa shape index (κ3) is 4.10. The summed E-state index contributed by atoms with van der Waals surface area (Å²) in [7, 11) is 0. The maximum atomic E-state index is 4.44. The Labute approximate surface area is 212 Å². The molecule has 2 aromatic rings. The van der Waals surface area contributed by atoms with Crippen LogP contribution in [-0.4, -0.2) is 0 Å². The Morgan fingerprint density at radius 2 is 1.83 bits per heavy atom. The lowest BCUT2D eigenvalue weighted by Crippen LogP contribution is -2.15. The second-order valence-electron chi connectivity index (χ2n) is 12.2. The largest absolute Gasteiger partial charge is 0.0986 e. The Bertz CT molecular complexity index is 1270. The van der Waals surface area contributed by atoms with E-state index < -0.39 is 0 Å². The molecular weight excluding hydrogens is 420 g/mol. The number of fused-ring (bicyclic) bond motifs is 3. The van der Waals surface area contributed by atoms with Gasteiger partial charge in [0.05, 0.1) is 0 Å². The highest BCUT2D eigenvalue weighted by atomic mass is 14.4. The lowest BCUT2D eigenvalue weighted by molar-refractivity contribution is 0.331. The zero-order valence-electron chi connectivity index (χ0n) is 21.9. The van der Waals surface area contributed by atoms with Gasteiger partial charge in [0.15, 0.2) is 0 Å². The zero-order chi connectivity index (χ0) is 24.3. The molecule has 0 saturated heterocycles. The lowest BCUT2D eigenvalue weighted by atomic mass is 9.77. The molecule has 2 aromatic carbocycles. The Balaban J connectivity index is 1.31. The summed E-state index contributed by atoms with van der Waals surface area (Å²) >= 11 is 0. The monoisotopic (exact) mass is 460 g/mol. The molecule has 0 N–H and O–H groups in total. The van der Waals surface area contributed by atoms with Crippen LogP contribution >= 0.6 is 0 Å². The molecule has 4 aliphatic rings. The maximum Gasteiger partial charge on any atom is 0.00826 e. The fourth-order valence-corrected chi connectivity index (χ4v) is 7.80. The topological polar surface area (TPSA) is 0 Å². The molecule has 4 aliphatic carbocycles. The van der Waals surface area contributed by atoms with Crippen LogP contribution in [0.5, 0.6) is 0 Å². The summed E-state index contributed by atoms with van der Waals surface area (Å²) in [4.78, 5) is 0. The molecule has 0 aromatic heterocycles. The minimum atomic E-state index is 0.369. The van der Waals surface area contributed by atoms with E-state index >= 15 is 0 Å². The van der Waals surface area contributed by atoms with Crippen molar-refractivity contribution in [2.75, 3.05) is 0 Å². The third-order valence-corrected chi connectivity index (χ3v) is 9.78. The molecule has 0 aliphatic heterocycles. The van der Waals surface area contributed by atoms with Crippen molar-refractivity contribution < 1.29 is 0 Å². The van der Waals surface area contributed by atoms with Gasteiger partial charge >= 0.3 is 0 Å². The van der Waals surface area contributed by atoms with Gasteiger partial charge in [-0.3, -0.25) is 0 Å². The second kappa shape index (κ2) is 8.81. The van der Waals surface area contributed by atoms with E-state index in [1.165, 1.54) is 82.2 Å². The van der Waals surface area contributed by atoms with Crippen molar-refractivity contribution in [2.45, 2.75) is 65.7 Å². The maximum absolute atomic E-state index is 4.44. The summed E-state index contributed by atoms with van der Waals surface area (Å²) in [6, 6.07) is 11.9. The van der Waals surface area contributed by atoms with E-state index in [1.54, 1.807) is 5.56 Å². The first kappa shape index (κ1) is 22.8. The Hall–Kier alpha value is -2.60. The normalized spacial score (nSPS) is 29.1. The van der Waals surface area contributed by atoms with Crippen LogP contribution in [0.2, 0.25) is 0 Å². The van der Waals surface area contributed by atoms with Gasteiger partial charge in [0.25, 0.3) is 0 Å². The molecule has 2 saturated carbocycles. The number of hydrogen-bond donors (Lipinski definition) is 0. The van der Waals surface area contributed by atoms with Gasteiger partial charge in [0.2, 0.25) is 0 Å². The average molecular weight is 461 g/mol. The van der Waals surface area contributed by atoms with E-state index in [4.69, 9.17) is 0 Å². The van der Waals surface area contributed by atoms with E-state index in [2.05, 4.69) is 82.5 Å². The van der Waals surface area contributed by atoms with E-state index in [1.807, 2.05) is 0 Å². The third-order valence-electron chi connectivity index (χ3n) is 9.78. The molecular formula is C35H40. The highest BCUT2D eigenvalue weighted by molar-refractivity contribution is 5.80. The van der Waals surface area contributed by atoms with Crippen LogP contribution in [0.25, 0.3) is 17.2 Å². The van der Waals surface area contributed by atoms with Crippen LogP contribution in [0, 0.1) is 43.4 Å². The number of aryl methyl sites for hydroxylation is 2. The average Bonchev–Trinajstić information content (AvgIpc) is 3.56. The number of rotatable bonds is 5. The first-order valence-electron chi connectivity index (χ1n) is 13.8. The summed E-state index contributed by atoms with van der Waals surface area (Å²) in [5.41, 5.74) is 14.5. The molecule has 0 amide bonds. The Morgan fingerprint density at radius 3 is 2.60 bits per heavy atom. The summed E-state index contributed by atoms with van der Waals surface area (Å²) in [6.07, 6.45) is 16.2. The second-order valence-corrected chi connectivity index (χ2v) is 12.2. The number of allylic oxidation sites excluding steroid dienone is 5. The molecule has 2 bridgehead atoms. The van der Waals surface area contributed by atoms with Crippen molar-refractivity contribution in [1.29, 1.82) is 0 Å². The van der Waals surface area contributed by atoms with Crippen LogP contribution in [0.3, 0.4) is 0 Å². The molecule has 35 heavy (non-hydrogen) atoms.